The lowest BCUT2D eigenvalue weighted by Gasteiger charge is -2.36. The highest BCUT2D eigenvalue weighted by Crippen LogP contribution is 2.32. The predicted octanol–water partition coefficient (Wildman–Crippen LogP) is 5.10. The average molecular weight is 484 g/mol. The lowest BCUT2D eigenvalue weighted by Crippen LogP contribution is -2.49. The molecule has 0 bridgehead atoms. The fourth-order valence-corrected chi connectivity index (χ4v) is 4.15. The predicted molar refractivity (Wildman–Crippen MR) is 128 cm³/mol. The first-order valence-electron chi connectivity index (χ1n) is 10.2. The van der Waals surface area contributed by atoms with E-state index in [0.29, 0.717) is 58.6 Å². The summed E-state index contributed by atoms with van der Waals surface area (Å²) in [7, 11) is 0. The van der Waals surface area contributed by atoms with Crippen LogP contribution in [-0.4, -0.2) is 47.7 Å². The van der Waals surface area contributed by atoms with E-state index in [1.807, 2.05) is 4.90 Å². The zero-order valence-electron chi connectivity index (χ0n) is 17.4. The smallest absolute Gasteiger partial charge is 0.294 e. The van der Waals surface area contributed by atoms with Gasteiger partial charge in [0, 0.05) is 53.4 Å². The van der Waals surface area contributed by atoms with Gasteiger partial charge in [-0.2, -0.15) is 0 Å². The number of benzene rings is 3. The number of halogens is 2. The van der Waals surface area contributed by atoms with E-state index in [4.69, 9.17) is 23.2 Å². The highest BCUT2D eigenvalue weighted by Gasteiger charge is 2.28. The topological polar surface area (TPSA) is 83.8 Å². The standard InChI is InChI=1S/C24H19Cl2N3O4/c25-17-7-5-16(6-8-17)23(30)19-3-1-2-4-20(19)24(31)28-13-11-27(12-14-28)21-10-9-18(26)15-22(21)29(32)33/h1-10,15H,11-14H2. The van der Waals surface area contributed by atoms with Crippen LogP contribution in [-0.2, 0) is 0 Å². The number of amides is 1. The van der Waals surface area contributed by atoms with Gasteiger partial charge in [-0.05, 0) is 42.5 Å². The third-order valence-corrected chi connectivity index (χ3v) is 6.04. The third kappa shape index (κ3) is 4.84. The van der Waals surface area contributed by atoms with Crippen LogP contribution in [0.5, 0.6) is 0 Å². The maximum Gasteiger partial charge on any atom is 0.294 e. The number of nitrogens with zero attached hydrogens (tertiary/aromatic N) is 3. The van der Waals surface area contributed by atoms with Crippen molar-refractivity contribution in [2.45, 2.75) is 0 Å². The Balaban J connectivity index is 1.52. The molecule has 3 aromatic carbocycles. The summed E-state index contributed by atoms with van der Waals surface area (Å²) in [5, 5.41) is 12.2. The lowest BCUT2D eigenvalue weighted by atomic mass is 9.97. The fraction of sp³-hybridized carbons (Fsp3) is 0.167. The molecule has 168 valence electrons. The van der Waals surface area contributed by atoms with Crippen molar-refractivity contribution in [2.24, 2.45) is 0 Å². The molecule has 0 atom stereocenters. The monoisotopic (exact) mass is 483 g/mol. The molecule has 1 aliphatic rings. The molecular formula is C24H19Cl2N3O4. The number of piperazine rings is 1. The van der Waals surface area contributed by atoms with Crippen molar-refractivity contribution < 1.29 is 14.5 Å². The molecule has 9 heteroatoms. The maximum atomic E-state index is 13.3. The van der Waals surface area contributed by atoms with Gasteiger partial charge in [0.05, 0.1) is 10.5 Å². The van der Waals surface area contributed by atoms with Crippen LogP contribution in [0.4, 0.5) is 11.4 Å². The summed E-state index contributed by atoms with van der Waals surface area (Å²) in [6.45, 7) is 1.56. The Morgan fingerprint density at radius 1 is 0.818 bits per heavy atom. The van der Waals surface area contributed by atoms with E-state index in [0.717, 1.165) is 0 Å². The van der Waals surface area contributed by atoms with Crippen molar-refractivity contribution in [1.82, 2.24) is 4.90 Å². The van der Waals surface area contributed by atoms with Crippen LogP contribution >= 0.6 is 23.2 Å². The van der Waals surface area contributed by atoms with Gasteiger partial charge >= 0.3 is 0 Å². The Hall–Kier alpha value is -3.42. The van der Waals surface area contributed by atoms with Crippen LogP contribution in [0, 0.1) is 10.1 Å². The van der Waals surface area contributed by atoms with Crippen LogP contribution < -0.4 is 4.90 Å². The molecule has 33 heavy (non-hydrogen) atoms. The molecule has 0 spiro atoms. The van der Waals surface area contributed by atoms with E-state index in [1.54, 1.807) is 65.6 Å². The molecule has 0 saturated carbocycles. The van der Waals surface area contributed by atoms with Crippen LogP contribution in [0.1, 0.15) is 26.3 Å². The summed E-state index contributed by atoms with van der Waals surface area (Å²) in [6.07, 6.45) is 0. The second kappa shape index (κ2) is 9.60. The molecule has 1 fully saturated rings. The number of nitro groups is 1. The van der Waals surface area contributed by atoms with Crippen molar-refractivity contribution in [2.75, 3.05) is 31.1 Å². The number of hydrogen-bond acceptors (Lipinski definition) is 5. The molecule has 4 rings (SSSR count). The summed E-state index contributed by atoms with van der Waals surface area (Å²) in [5.74, 6) is -0.510. The zero-order chi connectivity index (χ0) is 23.5. The summed E-state index contributed by atoms with van der Waals surface area (Å²) in [5.41, 5.74) is 1.49. The Morgan fingerprint density at radius 2 is 1.42 bits per heavy atom. The first kappa shape index (κ1) is 22.8. The highest BCUT2D eigenvalue weighted by atomic mass is 35.5. The van der Waals surface area contributed by atoms with Crippen molar-refractivity contribution in [1.29, 1.82) is 0 Å². The van der Waals surface area contributed by atoms with Gasteiger partial charge in [0.15, 0.2) is 5.78 Å². The summed E-state index contributed by atoms with van der Waals surface area (Å²) in [4.78, 5) is 40.8. The van der Waals surface area contributed by atoms with Gasteiger partial charge < -0.3 is 9.80 Å². The number of carbonyl (C=O) groups is 2. The van der Waals surface area contributed by atoms with Gasteiger partial charge in [-0.3, -0.25) is 19.7 Å². The maximum absolute atomic E-state index is 13.3. The number of carbonyl (C=O) groups excluding carboxylic acids is 2. The van der Waals surface area contributed by atoms with Crippen LogP contribution in [0.3, 0.4) is 0 Å². The quantitative estimate of drug-likeness (QED) is 0.286. The summed E-state index contributed by atoms with van der Waals surface area (Å²) in [6, 6.07) is 17.8. The van der Waals surface area contributed by atoms with Crippen molar-refractivity contribution in [3.63, 3.8) is 0 Å². The lowest BCUT2D eigenvalue weighted by molar-refractivity contribution is -0.384. The van der Waals surface area contributed by atoms with E-state index in [1.165, 1.54) is 6.07 Å². The number of anilines is 1. The SMILES string of the molecule is O=C(c1ccc(Cl)cc1)c1ccccc1C(=O)N1CCN(c2ccc(Cl)cc2[N+](=O)[O-])CC1. The minimum Gasteiger partial charge on any atom is -0.362 e. The molecule has 1 aliphatic heterocycles. The second-order valence-corrected chi connectivity index (χ2v) is 8.42. The Labute approximate surface area is 200 Å². The third-order valence-electron chi connectivity index (χ3n) is 5.55. The number of ketones is 1. The number of nitro benzene ring substituents is 1. The normalized spacial score (nSPS) is 13.6. The number of rotatable bonds is 5. The Bertz CT molecular complexity index is 1220. The molecule has 3 aromatic rings. The van der Waals surface area contributed by atoms with Crippen LogP contribution in [0.25, 0.3) is 0 Å². The van der Waals surface area contributed by atoms with E-state index in [9.17, 15) is 19.7 Å². The largest absolute Gasteiger partial charge is 0.362 e. The van der Waals surface area contributed by atoms with E-state index in [-0.39, 0.29) is 17.4 Å². The summed E-state index contributed by atoms with van der Waals surface area (Å²) >= 11 is 11.8. The van der Waals surface area contributed by atoms with Gasteiger partial charge in [0.1, 0.15) is 5.69 Å². The van der Waals surface area contributed by atoms with Gasteiger partial charge in [-0.25, -0.2) is 0 Å². The average Bonchev–Trinajstić information content (AvgIpc) is 2.83. The molecule has 0 aliphatic carbocycles. The molecule has 1 heterocycles. The minimum absolute atomic E-state index is 0.0683. The molecule has 0 radical (unpaired) electrons. The molecule has 7 nitrogen and oxygen atoms in total. The molecule has 0 unspecified atom stereocenters. The van der Waals surface area contributed by atoms with Gasteiger partial charge in [-0.15, -0.1) is 0 Å². The Kier molecular flexibility index (Phi) is 6.62. The van der Waals surface area contributed by atoms with Crippen molar-refractivity contribution >= 4 is 46.3 Å². The fourth-order valence-electron chi connectivity index (χ4n) is 3.86. The van der Waals surface area contributed by atoms with E-state index < -0.39 is 4.92 Å². The second-order valence-electron chi connectivity index (χ2n) is 7.55. The van der Waals surface area contributed by atoms with E-state index >= 15 is 0 Å². The zero-order valence-corrected chi connectivity index (χ0v) is 18.9. The number of hydrogen-bond donors (Lipinski definition) is 0. The van der Waals surface area contributed by atoms with Crippen molar-refractivity contribution in [3.8, 4) is 0 Å². The molecule has 0 aromatic heterocycles. The first-order chi connectivity index (χ1) is 15.8. The molecule has 1 amide bonds. The van der Waals surface area contributed by atoms with Crippen molar-refractivity contribution in [3.05, 3.63) is 104 Å². The van der Waals surface area contributed by atoms with Gasteiger partial charge in [-0.1, -0.05) is 41.4 Å². The summed E-state index contributed by atoms with van der Waals surface area (Å²) < 4.78 is 0. The Morgan fingerprint density at radius 3 is 2.06 bits per heavy atom. The molecule has 0 N–H and O–H groups in total. The van der Waals surface area contributed by atoms with Crippen LogP contribution in [0.2, 0.25) is 10.0 Å². The molecular weight excluding hydrogens is 465 g/mol. The van der Waals surface area contributed by atoms with Gasteiger partial charge in [0.2, 0.25) is 0 Å². The van der Waals surface area contributed by atoms with Gasteiger partial charge in [0.25, 0.3) is 11.6 Å². The minimum atomic E-state index is -0.461. The van der Waals surface area contributed by atoms with E-state index in [2.05, 4.69) is 0 Å². The highest BCUT2D eigenvalue weighted by molar-refractivity contribution is 6.31. The van der Waals surface area contributed by atoms with Crippen LogP contribution in [0.15, 0.2) is 66.7 Å². The molecule has 1 saturated heterocycles. The first-order valence-corrected chi connectivity index (χ1v) is 11.0.